The highest BCUT2D eigenvalue weighted by molar-refractivity contribution is 6.04. The van der Waals surface area contributed by atoms with Gasteiger partial charge in [0, 0.05) is 61.1 Å². The maximum atomic E-state index is 12.8. The van der Waals surface area contributed by atoms with Gasteiger partial charge in [-0.2, -0.15) is 0 Å². The number of fused-ring (bicyclic) bond motifs is 1. The van der Waals surface area contributed by atoms with Crippen molar-refractivity contribution in [1.29, 1.82) is 0 Å². The lowest BCUT2D eigenvalue weighted by molar-refractivity contribution is 0.102. The lowest BCUT2D eigenvalue weighted by atomic mass is 10.2. The van der Waals surface area contributed by atoms with Crippen molar-refractivity contribution in [3.05, 3.63) is 84.7 Å². The van der Waals surface area contributed by atoms with Crippen molar-refractivity contribution in [2.24, 2.45) is 0 Å². The SMILES string of the molecule is CN1CCN(c2ccc(NC(=O)c3ccn4cc(-c5ccccc5)nc4c3)cc2)CC1. The first-order valence-electron chi connectivity index (χ1n) is 10.5. The fourth-order valence-corrected chi connectivity index (χ4v) is 3.89. The molecule has 0 spiro atoms. The Bertz CT molecular complexity index is 1190. The number of carbonyl (C=O) groups excluding carboxylic acids is 1. The molecule has 0 atom stereocenters. The number of benzene rings is 2. The zero-order valence-corrected chi connectivity index (χ0v) is 17.5. The molecule has 3 heterocycles. The molecular formula is C25H25N5O. The van der Waals surface area contributed by atoms with Crippen LogP contribution in [0.1, 0.15) is 10.4 Å². The lowest BCUT2D eigenvalue weighted by Gasteiger charge is -2.34. The van der Waals surface area contributed by atoms with Crippen molar-refractivity contribution in [3.8, 4) is 11.3 Å². The van der Waals surface area contributed by atoms with Gasteiger partial charge in [-0.1, -0.05) is 30.3 Å². The third-order valence-electron chi connectivity index (χ3n) is 5.79. The summed E-state index contributed by atoms with van der Waals surface area (Å²) < 4.78 is 1.93. The first kappa shape index (κ1) is 19.3. The van der Waals surface area contributed by atoms with E-state index in [-0.39, 0.29) is 5.91 Å². The molecular weight excluding hydrogens is 386 g/mol. The summed E-state index contributed by atoms with van der Waals surface area (Å²) in [5.74, 6) is -0.140. The Labute approximate surface area is 181 Å². The van der Waals surface area contributed by atoms with Crippen LogP contribution in [0.15, 0.2) is 79.1 Å². The van der Waals surface area contributed by atoms with Gasteiger partial charge in [0.05, 0.1) is 5.69 Å². The van der Waals surface area contributed by atoms with Gasteiger partial charge >= 0.3 is 0 Å². The summed E-state index contributed by atoms with van der Waals surface area (Å²) in [6, 6.07) is 21.7. The van der Waals surface area contributed by atoms with E-state index in [1.54, 1.807) is 0 Å². The molecule has 5 rings (SSSR count). The molecule has 156 valence electrons. The predicted octanol–water partition coefficient (Wildman–Crippen LogP) is 4.01. The van der Waals surface area contributed by atoms with Crippen LogP contribution in [0, 0.1) is 0 Å². The Kier molecular flexibility index (Phi) is 5.14. The number of piperazine rings is 1. The highest BCUT2D eigenvalue weighted by atomic mass is 16.1. The minimum atomic E-state index is -0.140. The molecule has 1 aliphatic rings. The summed E-state index contributed by atoms with van der Waals surface area (Å²) in [5.41, 5.74) is 5.25. The summed E-state index contributed by atoms with van der Waals surface area (Å²) in [7, 11) is 2.15. The zero-order chi connectivity index (χ0) is 21.2. The molecule has 2 aromatic carbocycles. The highest BCUT2D eigenvalue weighted by Gasteiger charge is 2.14. The third kappa shape index (κ3) is 4.15. The van der Waals surface area contributed by atoms with Crippen LogP contribution >= 0.6 is 0 Å². The van der Waals surface area contributed by atoms with Gasteiger partial charge in [0.1, 0.15) is 5.65 Å². The average molecular weight is 412 g/mol. The predicted molar refractivity (Wildman–Crippen MR) is 125 cm³/mol. The Balaban J connectivity index is 1.30. The lowest BCUT2D eigenvalue weighted by Crippen LogP contribution is -2.44. The fraction of sp³-hybridized carbons (Fsp3) is 0.200. The third-order valence-corrected chi connectivity index (χ3v) is 5.79. The molecule has 0 radical (unpaired) electrons. The molecule has 0 aliphatic carbocycles. The first-order chi connectivity index (χ1) is 15.2. The fourth-order valence-electron chi connectivity index (χ4n) is 3.89. The normalized spacial score (nSPS) is 14.7. The van der Waals surface area contributed by atoms with Crippen LogP contribution in [0.4, 0.5) is 11.4 Å². The molecule has 1 N–H and O–H groups in total. The maximum absolute atomic E-state index is 12.8. The van der Waals surface area contributed by atoms with E-state index in [9.17, 15) is 4.79 Å². The van der Waals surface area contributed by atoms with Gasteiger partial charge in [-0.05, 0) is 43.4 Å². The van der Waals surface area contributed by atoms with Crippen molar-refractivity contribution in [2.75, 3.05) is 43.4 Å². The molecule has 0 saturated carbocycles. The summed E-state index contributed by atoms with van der Waals surface area (Å²) in [4.78, 5) is 22.2. The number of nitrogens with zero attached hydrogens (tertiary/aromatic N) is 4. The van der Waals surface area contributed by atoms with Gasteiger partial charge in [0.15, 0.2) is 0 Å². The van der Waals surface area contributed by atoms with Crippen LogP contribution < -0.4 is 10.2 Å². The van der Waals surface area contributed by atoms with Crippen molar-refractivity contribution in [1.82, 2.24) is 14.3 Å². The number of carbonyl (C=O) groups is 1. The van der Waals surface area contributed by atoms with Crippen molar-refractivity contribution >= 4 is 22.9 Å². The second-order valence-corrected chi connectivity index (χ2v) is 7.96. The molecule has 1 amide bonds. The summed E-state index contributed by atoms with van der Waals surface area (Å²) in [5, 5.41) is 3.00. The van der Waals surface area contributed by atoms with E-state index in [2.05, 4.69) is 39.3 Å². The molecule has 1 saturated heterocycles. The van der Waals surface area contributed by atoms with Crippen molar-refractivity contribution in [3.63, 3.8) is 0 Å². The number of likely N-dealkylation sites (N-methyl/N-ethyl adjacent to an activating group) is 1. The summed E-state index contributed by atoms with van der Waals surface area (Å²) in [6.45, 7) is 4.19. The van der Waals surface area contributed by atoms with Crippen LogP contribution in [0.25, 0.3) is 16.9 Å². The maximum Gasteiger partial charge on any atom is 0.255 e. The molecule has 1 fully saturated rings. The Morgan fingerprint density at radius 2 is 1.68 bits per heavy atom. The largest absolute Gasteiger partial charge is 0.369 e. The number of imidazole rings is 1. The first-order valence-corrected chi connectivity index (χ1v) is 10.5. The van der Waals surface area contributed by atoms with Gasteiger partial charge in [-0.15, -0.1) is 0 Å². The standard InChI is InChI=1S/C25H25N5O/c1-28-13-15-29(16-14-28)22-9-7-21(8-10-22)26-25(31)20-11-12-30-18-23(27-24(30)17-20)19-5-3-2-4-6-19/h2-12,17-18H,13-16H2,1H3,(H,26,31). The number of rotatable bonds is 4. The number of anilines is 2. The second kappa shape index (κ2) is 8.24. The van der Waals surface area contributed by atoms with Gasteiger partial charge in [-0.3, -0.25) is 4.79 Å². The number of nitrogens with one attached hydrogen (secondary N) is 1. The van der Waals surface area contributed by atoms with Gasteiger partial charge in [-0.25, -0.2) is 4.98 Å². The smallest absolute Gasteiger partial charge is 0.255 e. The average Bonchev–Trinajstić information content (AvgIpc) is 3.24. The van der Waals surface area contributed by atoms with E-state index in [4.69, 9.17) is 0 Å². The Morgan fingerprint density at radius 3 is 2.42 bits per heavy atom. The van der Waals surface area contributed by atoms with Crippen LogP contribution in [0.2, 0.25) is 0 Å². The molecule has 2 aromatic heterocycles. The molecule has 4 aromatic rings. The minimum absolute atomic E-state index is 0.140. The molecule has 0 unspecified atom stereocenters. The number of aromatic nitrogens is 2. The molecule has 6 heteroatoms. The van der Waals surface area contributed by atoms with Gasteiger partial charge in [0.25, 0.3) is 5.91 Å². The monoisotopic (exact) mass is 411 g/mol. The Morgan fingerprint density at radius 1 is 0.935 bits per heavy atom. The topological polar surface area (TPSA) is 52.9 Å². The van der Waals surface area contributed by atoms with E-state index in [1.165, 1.54) is 5.69 Å². The molecule has 6 nitrogen and oxygen atoms in total. The van der Waals surface area contributed by atoms with Crippen LogP contribution in [0.5, 0.6) is 0 Å². The van der Waals surface area contributed by atoms with E-state index in [0.29, 0.717) is 5.56 Å². The highest BCUT2D eigenvalue weighted by Crippen LogP contribution is 2.21. The van der Waals surface area contributed by atoms with E-state index in [1.807, 2.05) is 71.4 Å². The summed E-state index contributed by atoms with van der Waals surface area (Å²) >= 11 is 0. The number of hydrogen-bond acceptors (Lipinski definition) is 4. The number of hydrogen-bond donors (Lipinski definition) is 1. The summed E-state index contributed by atoms with van der Waals surface area (Å²) in [6.07, 6.45) is 3.85. The zero-order valence-electron chi connectivity index (χ0n) is 17.5. The molecule has 1 aliphatic heterocycles. The number of amides is 1. The quantitative estimate of drug-likeness (QED) is 0.551. The van der Waals surface area contributed by atoms with Crippen LogP contribution in [-0.4, -0.2) is 53.4 Å². The van der Waals surface area contributed by atoms with E-state index < -0.39 is 0 Å². The van der Waals surface area contributed by atoms with Crippen molar-refractivity contribution in [2.45, 2.75) is 0 Å². The number of pyridine rings is 1. The van der Waals surface area contributed by atoms with Crippen LogP contribution in [-0.2, 0) is 0 Å². The minimum Gasteiger partial charge on any atom is -0.369 e. The van der Waals surface area contributed by atoms with Crippen molar-refractivity contribution < 1.29 is 4.79 Å². The van der Waals surface area contributed by atoms with E-state index in [0.717, 1.165) is 48.8 Å². The molecule has 0 bridgehead atoms. The van der Waals surface area contributed by atoms with E-state index >= 15 is 0 Å². The molecule has 31 heavy (non-hydrogen) atoms. The second-order valence-electron chi connectivity index (χ2n) is 7.96. The van der Waals surface area contributed by atoms with Crippen LogP contribution in [0.3, 0.4) is 0 Å². The van der Waals surface area contributed by atoms with Gasteiger partial charge < -0.3 is 19.5 Å². The van der Waals surface area contributed by atoms with Gasteiger partial charge in [0.2, 0.25) is 0 Å². The Hall–Kier alpha value is -3.64.